The van der Waals surface area contributed by atoms with Crippen LogP contribution in [-0.4, -0.2) is 38.6 Å². The van der Waals surface area contributed by atoms with Gasteiger partial charge < -0.3 is 16.0 Å². The first-order valence-electron chi connectivity index (χ1n) is 5.46. The second-order valence-electron chi connectivity index (χ2n) is 4.51. The van der Waals surface area contributed by atoms with Crippen LogP contribution in [0.3, 0.4) is 0 Å². The zero-order valence-electron chi connectivity index (χ0n) is 8.68. The highest BCUT2D eigenvalue weighted by molar-refractivity contribution is 5.79. The molecule has 80 valence electrons. The van der Waals surface area contributed by atoms with Gasteiger partial charge in [-0.2, -0.15) is 0 Å². The molecule has 4 nitrogen and oxygen atoms in total. The third kappa shape index (κ3) is 2.07. The third-order valence-corrected chi connectivity index (χ3v) is 3.29. The molecule has 0 aromatic heterocycles. The van der Waals surface area contributed by atoms with Crippen molar-refractivity contribution in [3.8, 4) is 0 Å². The zero-order valence-corrected chi connectivity index (χ0v) is 8.68. The average Bonchev–Trinajstić information content (AvgIpc) is 2.48. The molecule has 2 aliphatic heterocycles. The van der Waals surface area contributed by atoms with E-state index >= 15 is 0 Å². The maximum absolute atomic E-state index is 11.7. The van der Waals surface area contributed by atoms with Crippen molar-refractivity contribution in [3.05, 3.63) is 0 Å². The number of nitrogens with one attached hydrogen (secondary N) is 3. The monoisotopic (exact) mass is 197 g/mol. The molecule has 0 aromatic carbocycles. The lowest BCUT2D eigenvalue weighted by Gasteiger charge is -2.27. The number of hydrogen-bond donors (Lipinski definition) is 3. The van der Waals surface area contributed by atoms with Crippen LogP contribution in [0.2, 0.25) is 0 Å². The summed E-state index contributed by atoms with van der Waals surface area (Å²) in [6, 6.07) is 0. The molecule has 0 unspecified atom stereocenters. The second-order valence-corrected chi connectivity index (χ2v) is 4.51. The summed E-state index contributed by atoms with van der Waals surface area (Å²) in [5.41, 5.74) is 0. The summed E-state index contributed by atoms with van der Waals surface area (Å²) in [6.45, 7) is 6.90. The van der Waals surface area contributed by atoms with Gasteiger partial charge in [-0.3, -0.25) is 4.79 Å². The average molecular weight is 197 g/mol. The van der Waals surface area contributed by atoms with Crippen molar-refractivity contribution in [1.29, 1.82) is 0 Å². The van der Waals surface area contributed by atoms with Gasteiger partial charge >= 0.3 is 0 Å². The quantitative estimate of drug-likeness (QED) is 0.554. The lowest BCUT2D eigenvalue weighted by Crippen LogP contribution is -2.49. The van der Waals surface area contributed by atoms with Crippen molar-refractivity contribution in [2.45, 2.75) is 6.92 Å². The van der Waals surface area contributed by atoms with Crippen molar-refractivity contribution in [2.75, 3.05) is 32.7 Å². The molecule has 0 bridgehead atoms. The van der Waals surface area contributed by atoms with Gasteiger partial charge in [-0.25, -0.2) is 0 Å². The number of hydrogen-bond acceptors (Lipinski definition) is 3. The molecular formula is C10H19N3O. The predicted octanol–water partition coefficient (Wildman–Crippen LogP) is -0.822. The van der Waals surface area contributed by atoms with E-state index in [4.69, 9.17) is 0 Å². The largest absolute Gasteiger partial charge is 0.355 e. The van der Waals surface area contributed by atoms with Crippen LogP contribution in [0, 0.1) is 17.8 Å². The molecule has 2 rings (SSSR count). The number of carbonyl (C=O) groups excluding carboxylic acids is 1. The normalized spacial score (nSPS) is 32.6. The van der Waals surface area contributed by atoms with E-state index in [1.807, 2.05) is 0 Å². The first-order chi connectivity index (χ1) is 6.77. The molecule has 1 amide bonds. The standard InChI is InChI=1S/C10H19N3O/c1-7-2-11-6-9(7)10(14)13-5-8-3-12-4-8/h7-9,11-12H,2-6H2,1H3,(H,13,14)/t7-,9-/m1/s1. The van der Waals surface area contributed by atoms with Crippen molar-refractivity contribution in [1.82, 2.24) is 16.0 Å². The molecule has 14 heavy (non-hydrogen) atoms. The van der Waals surface area contributed by atoms with E-state index < -0.39 is 0 Å². The Balaban J connectivity index is 1.71. The first-order valence-corrected chi connectivity index (χ1v) is 5.46. The molecule has 2 heterocycles. The van der Waals surface area contributed by atoms with Crippen LogP contribution in [0.15, 0.2) is 0 Å². The van der Waals surface area contributed by atoms with E-state index in [0.29, 0.717) is 11.8 Å². The van der Waals surface area contributed by atoms with Gasteiger partial charge in [-0.1, -0.05) is 6.92 Å². The smallest absolute Gasteiger partial charge is 0.224 e. The molecule has 0 spiro atoms. The van der Waals surface area contributed by atoms with Crippen LogP contribution in [0.25, 0.3) is 0 Å². The molecule has 2 aliphatic rings. The molecule has 4 heteroatoms. The molecule has 0 aliphatic carbocycles. The number of carbonyl (C=O) groups is 1. The van der Waals surface area contributed by atoms with Gasteiger partial charge in [0.2, 0.25) is 5.91 Å². The number of rotatable bonds is 3. The van der Waals surface area contributed by atoms with Gasteiger partial charge in [-0.15, -0.1) is 0 Å². The van der Waals surface area contributed by atoms with Crippen LogP contribution in [0.4, 0.5) is 0 Å². The fourth-order valence-corrected chi connectivity index (χ4v) is 2.03. The molecule has 0 radical (unpaired) electrons. The van der Waals surface area contributed by atoms with Gasteiger partial charge in [0, 0.05) is 32.1 Å². The fraction of sp³-hybridized carbons (Fsp3) is 0.900. The Morgan fingerprint density at radius 1 is 1.29 bits per heavy atom. The van der Waals surface area contributed by atoms with E-state index in [1.54, 1.807) is 0 Å². The minimum Gasteiger partial charge on any atom is -0.355 e. The highest BCUT2D eigenvalue weighted by Crippen LogP contribution is 2.15. The van der Waals surface area contributed by atoms with Crippen molar-refractivity contribution in [2.24, 2.45) is 17.8 Å². The van der Waals surface area contributed by atoms with Gasteiger partial charge in [0.15, 0.2) is 0 Å². The van der Waals surface area contributed by atoms with Crippen LogP contribution in [-0.2, 0) is 4.79 Å². The molecule has 2 fully saturated rings. The van der Waals surface area contributed by atoms with Crippen molar-refractivity contribution >= 4 is 5.91 Å². The van der Waals surface area contributed by atoms with Crippen LogP contribution >= 0.6 is 0 Å². The van der Waals surface area contributed by atoms with E-state index in [2.05, 4.69) is 22.9 Å². The molecular weight excluding hydrogens is 178 g/mol. The molecule has 0 aromatic rings. The Bertz CT molecular complexity index is 215. The fourth-order valence-electron chi connectivity index (χ4n) is 2.03. The van der Waals surface area contributed by atoms with E-state index in [9.17, 15) is 4.79 Å². The topological polar surface area (TPSA) is 53.2 Å². The molecule has 3 N–H and O–H groups in total. The zero-order chi connectivity index (χ0) is 9.97. The van der Waals surface area contributed by atoms with Crippen LogP contribution in [0.1, 0.15) is 6.92 Å². The summed E-state index contributed by atoms with van der Waals surface area (Å²) in [5, 5.41) is 9.48. The maximum Gasteiger partial charge on any atom is 0.224 e. The minimum atomic E-state index is 0.183. The summed E-state index contributed by atoms with van der Waals surface area (Å²) in [6.07, 6.45) is 0. The van der Waals surface area contributed by atoms with Crippen LogP contribution < -0.4 is 16.0 Å². The highest BCUT2D eigenvalue weighted by atomic mass is 16.1. The van der Waals surface area contributed by atoms with Gasteiger partial charge in [0.1, 0.15) is 0 Å². The lowest BCUT2D eigenvalue weighted by molar-refractivity contribution is -0.125. The van der Waals surface area contributed by atoms with Gasteiger partial charge in [0.25, 0.3) is 0 Å². The van der Waals surface area contributed by atoms with Crippen molar-refractivity contribution in [3.63, 3.8) is 0 Å². The minimum absolute atomic E-state index is 0.183. The lowest BCUT2D eigenvalue weighted by atomic mass is 9.96. The Morgan fingerprint density at radius 3 is 2.50 bits per heavy atom. The van der Waals surface area contributed by atoms with Crippen molar-refractivity contribution < 1.29 is 4.79 Å². The van der Waals surface area contributed by atoms with E-state index in [-0.39, 0.29) is 11.8 Å². The van der Waals surface area contributed by atoms with Gasteiger partial charge in [0.05, 0.1) is 5.92 Å². The van der Waals surface area contributed by atoms with Gasteiger partial charge in [-0.05, 0) is 12.5 Å². The summed E-state index contributed by atoms with van der Waals surface area (Å²) in [5.74, 6) is 1.55. The van der Waals surface area contributed by atoms with E-state index in [1.165, 1.54) is 0 Å². The van der Waals surface area contributed by atoms with E-state index in [0.717, 1.165) is 32.7 Å². The second kappa shape index (κ2) is 4.28. The molecule has 0 saturated carbocycles. The summed E-state index contributed by atoms with van der Waals surface area (Å²) in [4.78, 5) is 11.7. The Labute approximate surface area is 84.8 Å². The first kappa shape index (κ1) is 9.93. The van der Waals surface area contributed by atoms with Crippen LogP contribution in [0.5, 0.6) is 0 Å². The highest BCUT2D eigenvalue weighted by Gasteiger charge is 2.29. The maximum atomic E-state index is 11.7. The number of amides is 1. The Morgan fingerprint density at radius 2 is 2.00 bits per heavy atom. The third-order valence-electron chi connectivity index (χ3n) is 3.29. The predicted molar refractivity (Wildman–Crippen MR) is 54.9 cm³/mol. The summed E-state index contributed by atoms with van der Waals surface area (Å²) >= 11 is 0. The SMILES string of the molecule is C[C@@H]1CNC[C@H]1C(=O)NCC1CNC1. The molecule has 2 saturated heterocycles. The summed E-state index contributed by atoms with van der Waals surface area (Å²) in [7, 11) is 0. The summed E-state index contributed by atoms with van der Waals surface area (Å²) < 4.78 is 0. The Hall–Kier alpha value is -0.610. The molecule has 2 atom stereocenters. The Kier molecular flexibility index (Phi) is 3.03.